The zero-order valence-electron chi connectivity index (χ0n) is 10.4. The number of carbonyl (C=O) groups is 1. The van der Waals surface area contributed by atoms with Gasteiger partial charge in [-0.3, -0.25) is 4.79 Å². The summed E-state index contributed by atoms with van der Waals surface area (Å²) in [5, 5.41) is 2.80. The van der Waals surface area contributed by atoms with E-state index in [0.717, 1.165) is 16.8 Å². The van der Waals surface area contributed by atoms with E-state index in [0.29, 0.717) is 0 Å². The number of anilines is 1. The number of carbonyl (C=O) groups excluding carboxylic acids is 1. The second-order valence-electron chi connectivity index (χ2n) is 5.13. The highest BCUT2D eigenvalue weighted by Crippen LogP contribution is 2.29. The summed E-state index contributed by atoms with van der Waals surface area (Å²) >= 11 is 2.89. The van der Waals surface area contributed by atoms with Gasteiger partial charge in [0.15, 0.2) is 0 Å². The number of benzene rings is 1. The maximum Gasteiger partial charge on any atom is 0.291 e. The largest absolute Gasteiger partial charge is 0.316 e. The van der Waals surface area contributed by atoms with Crippen LogP contribution >= 0.6 is 15.9 Å². The molecule has 0 spiro atoms. The molecule has 0 atom stereocenters. The van der Waals surface area contributed by atoms with E-state index >= 15 is 0 Å². The summed E-state index contributed by atoms with van der Waals surface area (Å²) in [5.41, 5.74) is 4.51. The van der Waals surface area contributed by atoms with E-state index in [-0.39, 0.29) is 10.2 Å². The predicted molar refractivity (Wildman–Crippen MR) is 72.6 cm³/mol. The van der Waals surface area contributed by atoms with Crippen LogP contribution in [0.2, 0.25) is 0 Å². The SMILES string of the molecule is Cc1cc(C(C)(C)C)cc(C)c1NC(=O)Br. The fourth-order valence-electron chi connectivity index (χ4n) is 1.69. The smallest absolute Gasteiger partial charge is 0.291 e. The third-order valence-corrected chi connectivity index (χ3v) is 2.82. The molecule has 88 valence electrons. The summed E-state index contributed by atoms with van der Waals surface area (Å²) in [7, 11) is 0. The van der Waals surface area contributed by atoms with E-state index in [9.17, 15) is 4.79 Å². The number of rotatable bonds is 1. The van der Waals surface area contributed by atoms with E-state index in [4.69, 9.17) is 0 Å². The average Bonchev–Trinajstić information content (AvgIpc) is 2.09. The van der Waals surface area contributed by atoms with Crippen molar-refractivity contribution in [1.29, 1.82) is 0 Å². The third-order valence-electron chi connectivity index (χ3n) is 2.62. The molecule has 16 heavy (non-hydrogen) atoms. The molecule has 0 aliphatic heterocycles. The first kappa shape index (κ1) is 13.2. The van der Waals surface area contributed by atoms with Gasteiger partial charge in [-0.25, -0.2) is 0 Å². The third kappa shape index (κ3) is 3.08. The molecule has 1 amide bonds. The first-order valence-corrected chi connectivity index (χ1v) is 6.09. The highest BCUT2D eigenvalue weighted by atomic mass is 79.9. The highest BCUT2D eigenvalue weighted by molar-refractivity contribution is 9.18. The van der Waals surface area contributed by atoms with E-state index in [1.54, 1.807) is 0 Å². The molecule has 0 aliphatic carbocycles. The molecule has 0 radical (unpaired) electrons. The van der Waals surface area contributed by atoms with Crippen molar-refractivity contribution in [1.82, 2.24) is 0 Å². The number of aryl methyl sites for hydroxylation is 2. The monoisotopic (exact) mass is 283 g/mol. The van der Waals surface area contributed by atoms with Gasteiger partial charge in [0.05, 0.1) is 0 Å². The molecule has 2 nitrogen and oxygen atoms in total. The van der Waals surface area contributed by atoms with Gasteiger partial charge < -0.3 is 5.32 Å². The van der Waals surface area contributed by atoms with Crippen molar-refractivity contribution in [3.8, 4) is 0 Å². The Morgan fingerprint density at radius 1 is 1.19 bits per heavy atom. The van der Waals surface area contributed by atoms with Crippen molar-refractivity contribution in [2.24, 2.45) is 0 Å². The van der Waals surface area contributed by atoms with Gasteiger partial charge in [0, 0.05) is 21.6 Å². The van der Waals surface area contributed by atoms with Crippen LogP contribution in [0.4, 0.5) is 10.5 Å². The van der Waals surface area contributed by atoms with E-state index < -0.39 is 0 Å². The number of halogens is 1. The first-order chi connectivity index (χ1) is 7.21. The molecule has 0 heterocycles. The lowest BCUT2D eigenvalue weighted by Crippen LogP contribution is -2.13. The zero-order chi connectivity index (χ0) is 12.5. The lowest BCUT2D eigenvalue weighted by molar-refractivity contribution is 0.270. The van der Waals surface area contributed by atoms with Gasteiger partial charge in [0.2, 0.25) is 0 Å². The Bertz CT molecular complexity index is 395. The summed E-state index contributed by atoms with van der Waals surface area (Å²) in [5.74, 6) is 0. The Morgan fingerprint density at radius 3 is 1.94 bits per heavy atom. The van der Waals surface area contributed by atoms with E-state index in [1.165, 1.54) is 5.56 Å². The van der Waals surface area contributed by atoms with Crippen LogP contribution < -0.4 is 5.32 Å². The molecular weight excluding hydrogens is 266 g/mol. The zero-order valence-corrected chi connectivity index (χ0v) is 12.0. The number of hydrogen-bond donors (Lipinski definition) is 1. The standard InChI is InChI=1S/C13H18BrNO/c1-8-6-10(13(3,4)5)7-9(2)11(8)15-12(14)16/h6-7H,1-5H3,(H,15,16). The highest BCUT2D eigenvalue weighted by Gasteiger charge is 2.16. The minimum Gasteiger partial charge on any atom is -0.316 e. The van der Waals surface area contributed by atoms with Gasteiger partial charge in [-0.05, 0) is 36.0 Å². The lowest BCUT2D eigenvalue weighted by atomic mass is 9.85. The second-order valence-corrected chi connectivity index (χ2v) is 5.85. The first-order valence-electron chi connectivity index (χ1n) is 5.30. The number of nitrogens with one attached hydrogen (secondary N) is 1. The molecule has 0 aliphatic rings. The second kappa shape index (κ2) is 4.58. The van der Waals surface area contributed by atoms with Crippen molar-refractivity contribution in [3.05, 3.63) is 28.8 Å². The summed E-state index contributed by atoms with van der Waals surface area (Å²) in [6.45, 7) is 10.6. The minimum absolute atomic E-state index is 0.131. The molecule has 0 saturated carbocycles. The molecule has 1 rings (SSSR count). The lowest BCUT2D eigenvalue weighted by Gasteiger charge is -2.22. The fraction of sp³-hybridized carbons (Fsp3) is 0.462. The van der Waals surface area contributed by atoms with Crippen molar-refractivity contribution in [2.45, 2.75) is 40.0 Å². The van der Waals surface area contributed by atoms with Gasteiger partial charge in [-0.1, -0.05) is 32.9 Å². The Balaban J connectivity index is 3.23. The van der Waals surface area contributed by atoms with Crippen LogP contribution in [0, 0.1) is 13.8 Å². The summed E-state index contributed by atoms with van der Waals surface area (Å²) < 4.78 is 0. The molecular formula is C13H18BrNO. The van der Waals surface area contributed by atoms with Crippen LogP contribution in [0.1, 0.15) is 37.5 Å². The summed E-state index contributed by atoms with van der Waals surface area (Å²) in [4.78, 5) is 10.8. The van der Waals surface area contributed by atoms with Crippen LogP contribution in [0.15, 0.2) is 12.1 Å². The molecule has 1 aromatic carbocycles. The van der Waals surface area contributed by atoms with Gasteiger partial charge in [0.25, 0.3) is 4.82 Å². The summed E-state index contributed by atoms with van der Waals surface area (Å²) in [6.07, 6.45) is 0. The Hall–Kier alpha value is -0.830. The molecule has 3 heteroatoms. The topological polar surface area (TPSA) is 29.1 Å². The average molecular weight is 284 g/mol. The maximum atomic E-state index is 11.0. The van der Waals surface area contributed by atoms with E-state index in [2.05, 4.69) is 54.2 Å². The quantitative estimate of drug-likeness (QED) is 0.596. The fourth-order valence-corrected chi connectivity index (χ4v) is 1.89. The van der Waals surface area contributed by atoms with Crippen LogP contribution in [0.3, 0.4) is 0 Å². The molecule has 0 fully saturated rings. The van der Waals surface area contributed by atoms with Crippen molar-refractivity contribution >= 4 is 26.4 Å². The Labute approximate surface area is 106 Å². The van der Waals surface area contributed by atoms with Crippen molar-refractivity contribution < 1.29 is 4.79 Å². The normalized spacial score (nSPS) is 11.4. The van der Waals surface area contributed by atoms with E-state index in [1.807, 2.05) is 13.8 Å². The number of hydrogen-bond acceptors (Lipinski definition) is 1. The van der Waals surface area contributed by atoms with Crippen LogP contribution in [0.25, 0.3) is 0 Å². The summed E-state index contributed by atoms with van der Waals surface area (Å²) in [6, 6.07) is 4.26. The van der Waals surface area contributed by atoms with Gasteiger partial charge in [0.1, 0.15) is 0 Å². The van der Waals surface area contributed by atoms with Gasteiger partial charge >= 0.3 is 0 Å². The maximum absolute atomic E-state index is 11.0. The molecule has 0 bridgehead atoms. The molecule has 1 aromatic rings. The van der Waals surface area contributed by atoms with Crippen molar-refractivity contribution in [2.75, 3.05) is 5.32 Å². The van der Waals surface area contributed by atoms with Gasteiger partial charge in [-0.15, -0.1) is 0 Å². The Kier molecular flexibility index (Phi) is 3.79. The van der Waals surface area contributed by atoms with Crippen LogP contribution in [0.5, 0.6) is 0 Å². The molecule has 0 unspecified atom stereocenters. The predicted octanol–water partition coefficient (Wildman–Crippen LogP) is 4.53. The van der Waals surface area contributed by atoms with Crippen LogP contribution in [-0.2, 0) is 5.41 Å². The Morgan fingerprint density at radius 2 is 1.62 bits per heavy atom. The van der Waals surface area contributed by atoms with Gasteiger partial charge in [-0.2, -0.15) is 0 Å². The molecule has 0 saturated heterocycles. The van der Waals surface area contributed by atoms with Crippen LogP contribution in [-0.4, -0.2) is 4.82 Å². The van der Waals surface area contributed by atoms with Crippen molar-refractivity contribution in [3.63, 3.8) is 0 Å². The molecule has 1 N–H and O–H groups in total. The number of amides is 1. The molecule has 0 aromatic heterocycles. The minimum atomic E-state index is -0.206.